The summed E-state index contributed by atoms with van der Waals surface area (Å²) in [6.45, 7) is 0. The molecule has 0 radical (unpaired) electrons. The Bertz CT molecular complexity index is 1250. The second-order valence-corrected chi connectivity index (χ2v) is 7.73. The SMILES string of the molecule is O=C(N/N=C\c1c(Cl)ccc(Cl)c1Cl)c1ccc2nc(Cc3ccccc3)[nH]c2c1. The highest BCUT2D eigenvalue weighted by Crippen LogP contribution is 2.30. The number of rotatable bonds is 5. The van der Waals surface area contributed by atoms with Crippen molar-refractivity contribution in [3.63, 3.8) is 0 Å². The lowest BCUT2D eigenvalue weighted by Crippen LogP contribution is -2.17. The van der Waals surface area contributed by atoms with Crippen LogP contribution >= 0.6 is 34.8 Å². The van der Waals surface area contributed by atoms with Crippen molar-refractivity contribution in [1.29, 1.82) is 0 Å². The molecule has 0 spiro atoms. The van der Waals surface area contributed by atoms with E-state index in [1.165, 1.54) is 6.21 Å². The number of amides is 1. The minimum atomic E-state index is -0.373. The van der Waals surface area contributed by atoms with Crippen molar-refractivity contribution >= 4 is 58.0 Å². The van der Waals surface area contributed by atoms with Crippen LogP contribution in [-0.2, 0) is 6.42 Å². The van der Waals surface area contributed by atoms with Crippen molar-refractivity contribution in [2.75, 3.05) is 0 Å². The molecule has 8 heteroatoms. The number of nitrogens with one attached hydrogen (secondary N) is 2. The van der Waals surface area contributed by atoms with E-state index >= 15 is 0 Å². The molecule has 4 aromatic rings. The lowest BCUT2D eigenvalue weighted by atomic mass is 10.1. The number of carbonyl (C=O) groups is 1. The van der Waals surface area contributed by atoms with Crippen LogP contribution in [0.2, 0.25) is 15.1 Å². The smallest absolute Gasteiger partial charge is 0.271 e. The van der Waals surface area contributed by atoms with Gasteiger partial charge >= 0.3 is 0 Å². The standard InChI is InChI=1S/C22H15Cl3N4O/c23-16-7-8-17(24)21(25)15(16)12-26-29-22(30)14-6-9-18-19(11-14)28-20(27-18)10-13-4-2-1-3-5-13/h1-9,11-12H,10H2,(H,27,28)(H,29,30)/b26-12-. The fourth-order valence-corrected chi connectivity index (χ4v) is 3.59. The topological polar surface area (TPSA) is 70.1 Å². The second kappa shape index (κ2) is 8.88. The summed E-state index contributed by atoms with van der Waals surface area (Å²) < 4.78 is 0. The average Bonchev–Trinajstić information content (AvgIpc) is 3.15. The van der Waals surface area contributed by atoms with Gasteiger partial charge in [0.1, 0.15) is 5.82 Å². The zero-order valence-corrected chi connectivity index (χ0v) is 17.8. The van der Waals surface area contributed by atoms with E-state index in [0.29, 0.717) is 27.6 Å². The maximum atomic E-state index is 12.5. The zero-order chi connectivity index (χ0) is 21.1. The minimum absolute atomic E-state index is 0.270. The van der Waals surface area contributed by atoms with Gasteiger partial charge in [0, 0.05) is 17.5 Å². The number of benzene rings is 3. The van der Waals surface area contributed by atoms with Crippen LogP contribution in [0.15, 0.2) is 65.8 Å². The number of H-pyrrole nitrogens is 1. The largest absolute Gasteiger partial charge is 0.342 e. The number of hydrogen-bond donors (Lipinski definition) is 2. The molecule has 30 heavy (non-hydrogen) atoms. The van der Waals surface area contributed by atoms with Gasteiger partial charge < -0.3 is 4.98 Å². The predicted molar refractivity (Wildman–Crippen MR) is 122 cm³/mol. The zero-order valence-electron chi connectivity index (χ0n) is 15.5. The van der Waals surface area contributed by atoms with E-state index in [1.807, 2.05) is 30.3 Å². The van der Waals surface area contributed by atoms with Crippen molar-refractivity contribution in [3.05, 3.63) is 98.2 Å². The predicted octanol–water partition coefficient (Wildman–Crippen LogP) is 5.88. The Labute approximate surface area is 187 Å². The summed E-state index contributed by atoms with van der Waals surface area (Å²) in [5, 5.41) is 4.95. The van der Waals surface area contributed by atoms with Gasteiger partial charge in [0.25, 0.3) is 5.91 Å². The maximum absolute atomic E-state index is 12.5. The highest BCUT2D eigenvalue weighted by Gasteiger charge is 2.10. The molecule has 1 aromatic heterocycles. The van der Waals surface area contributed by atoms with Crippen molar-refractivity contribution in [2.45, 2.75) is 6.42 Å². The number of nitrogens with zero attached hydrogens (tertiary/aromatic N) is 2. The van der Waals surface area contributed by atoms with Crippen LogP contribution in [0.3, 0.4) is 0 Å². The first-order chi connectivity index (χ1) is 14.5. The average molecular weight is 458 g/mol. The van der Waals surface area contributed by atoms with E-state index in [-0.39, 0.29) is 10.9 Å². The lowest BCUT2D eigenvalue weighted by molar-refractivity contribution is 0.0955. The highest BCUT2D eigenvalue weighted by atomic mass is 35.5. The Morgan fingerprint density at radius 3 is 2.60 bits per heavy atom. The summed E-state index contributed by atoms with van der Waals surface area (Å²) in [5.74, 6) is 0.457. The number of aromatic nitrogens is 2. The third kappa shape index (κ3) is 4.49. The fourth-order valence-electron chi connectivity index (χ4n) is 2.96. The lowest BCUT2D eigenvalue weighted by Gasteiger charge is -2.03. The molecule has 0 saturated carbocycles. The number of imidazole rings is 1. The summed E-state index contributed by atoms with van der Waals surface area (Å²) >= 11 is 18.2. The number of carbonyl (C=O) groups excluding carboxylic acids is 1. The molecule has 0 saturated heterocycles. The first-order valence-electron chi connectivity index (χ1n) is 9.01. The normalized spacial score (nSPS) is 11.3. The Morgan fingerprint density at radius 1 is 1.03 bits per heavy atom. The van der Waals surface area contributed by atoms with Gasteiger partial charge in [0.05, 0.1) is 32.3 Å². The third-order valence-corrected chi connectivity index (χ3v) is 5.60. The highest BCUT2D eigenvalue weighted by molar-refractivity contribution is 6.45. The summed E-state index contributed by atoms with van der Waals surface area (Å²) in [4.78, 5) is 20.3. The Kier molecular flexibility index (Phi) is 6.04. The molecule has 4 rings (SSSR count). The number of aromatic amines is 1. The maximum Gasteiger partial charge on any atom is 0.271 e. The van der Waals surface area contributed by atoms with Gasteiger partial charge in [-0.25, -0.2) is 10.4 Å². The van der Waals surface area contributed by atoms with Crippen LogP contribution in [0.5, 0.6) is 0 Å². The van der Waals surface area contributed by atoms with E-state index in [1.54, 1.807) is 30.3 Å². The molecule has 1 heterocycles. The van der Waals surface area contributed by atoms with E-state index in [4.69, 9.17) is 34.8 Å². The van der Waals surface area contributed by atoms with Crippen LogP contribution in [0, 0.1) is 0 Å². The molecule has 1 amide bonds. The van der Waals surface area contributed by atoms with E-state index in [2.05, 4.69) is 20.5 Å². The molecular formula is C22H15Cl3N4O. The molecule has 0 unspecified atom stereocenters. The molecule has 150 valence electrons. The van der Waals surface area contributed by atoms with Crippen LogP contribution in [-0.4, -0.2) is 22.1 Å². The molecule has 0 aliphatic heterocycles. The summed E-state index contributed by atoms with van der Waals surface area (Å²) in [7, 11) is 0. The summed E-state index contributed by atoms with van der Waals surface area (Å²) in [5.41, 5.74) is 6.06. The molecule has 3 aromatic carbocycles. The Hall–Kier alpha value is -2.86. The summed E-state index contributed by atoms with van der Waals surface area (Å²) in [6, 6.07) is 18.5. The van der Waals surface area contributed by atoms with Crippen molar-refractivity contribution in [2.24, 2.45) is 5.10 Å². The fraction of sp³-hybridized carbons (Fsp3) is 0.0455. The molecule has 0 fully saturated rings. The van der Waals surface area contributed by atoms with Crippen LogP contribution in [0.4, 0.5) is 0 Å². The van der Waals surface area contributed by atoms with Crippen LogP contribution in [0.1, 0.15) is 27.3 Å². The summed E-state index contributed by atoms with van der Waals surface area (Å²) in [6.07, 6.45) is 2.05. The molecule has 0 bridgehead atoms. The van der Waals surface area contributed by atoms with E-state index in [0.717, 1.165) is 22.4 Å². The number of halogens is 3. The van der Waals surface area contributed by atoms with Crippen molar-refractivity contribution < 1.29 is 4.79 Å². The molecule has 5 nitrogen and oxygen atoms in total. The van der Waals surface area contributed by atoms with Gasteiger partial charge in [-0.1, -0.05) is 65.1 Å². The van der Waals surface area contributed by atoms with Crippen molar-refractivity contribution in [3.8, 4) is 0 Å². The number of hydrazone groups is 1. The Balaban J connectivity index is 1.49. The Morgan fingerprint density at radius 2 is 1.80 bits per heavy atom. The quantitative estimate of drug-likeness (QED) is 0.223. The molecule has 0 aliphatic carbocycles. The molecule has 0 atom stereocenters. The molecule has 2 N–H and O–H groups in total. The van der Waals surface area contributed by atoms with Gasteiger partial charge in [-0.2, -0.15) is 5.10 Å². The number of fused-ring (bicyclic) bond motifs is 1. The van der Waals surface area contributed by atoms with Gasteiger partial charge in [-0.3, -0.25) is 4.79 Å². The first kappa shape index (κ1) is 20.4. The van der Waals surface area contributed by atoms with Crippen molar-refractivity contribution in [1.82, 2.24) is 15.4 Å². The van der Waals surface area contributed by atoms with Gasteiger partial charge in [-0.15, -0.1) is 0 Å². The van der Waals surface area contributed by atoms with Gasteiger partial charge in [0.15, 0.2) is 0 Å². The monoisotopic (exact) mass is 456 g/mol. The molecular weight excluding hydrogens is 443 g/mol. The van der Waals surface area contributed by atoms with E-state index < -0.39 is 0 Å². The third-order valence-electron chi connectivity index (χ3n) is 4.45. The van der Waals surface area contributed by atoms with Gasteiger partial charge in [-0.05, 0) is 35.9 Å². The number of hydrogen-bond acceptors (Lipinski definition) is 3. The minimum Gasteiger partial charge on any atom is -0.342 e. The first-order valence-corrected chi connectivity index (χ1v) is 10.1. The molecule has 0 aliphatic rings. The van der Waals surface area contributed by atoms with E-state index in [9.17, 15) is 4.79 Å². The van der Waals surface area contributed by atoms with Crippen LogP contribution in [0.25, 0.3) is 11.0 Å². The second-order valence-electron chi connectivity index (χ2n) is 6.53. The van der Waals surface area contributed by atoms with Crippen LogP contribution < -0.4 is 5.43 Å². The van der Waals surface area contributed by atoms with Gasteiger partial charge in [0.2, 0.25) is 0 Å².